The molecule has 0 aliphatic carbocycles. The van der Waals surface area contributed by atoms with Crippen molar-refractivity contribution in [3.8, 4) is 11.4 Å². The van der Waals surface area contributed by atoms with E-state index in [0.717, 1.165) is 5.69 Å². The number of nitrogens with zero attached hydrogens (tertiary/aromatic N) is 3. The molecule has 0 atom stereocenters. The van der Waals surface area contributed by atoms with Gasteiger partial charge in [0.05, 0.1) is 0 Å². The topological polar surface area (TPSA) is 51.8 Å². The quantitative estimate of drug-likeness (QED) is 0.611. The van der Waals surface area contributed by atoms with E-state index in [1.54, 1.807) is 0 Å². The second-order valence-electron chi connectivity index (χ2n) is 1.61. The molecule has 1 radical (unpaired) electrons. The van der Waals surface area contributed by atoms with Gasteiger partial charge in [-0.3, -0.25) is 0 Å². The fraction of sp³-hybridized carbons (Fsp3) is 0. The van der Waals surface area contributed by atoms with Crippen LogP contribution in [-0.2, 0) is 0 Å². The van der Waals surface area contributed by atoms with Gasteiger partial charge in [-0.1, -0.05) is 0 Å². The molecule has 0 aliphatic rings. The summed E-state index contributed by atoms with van der Waals surface area (Å²) >= 11 is 1.39. The molecule has 0 saturated carbocycles. The molecule has 0 aliphatic heterocycles. The van der Waals surface area contributed by atoms with Gasteiger partial charge in [-0.25, -0.2) is 4.98 Å². The van der Waals surface area contributed by atoms with E-state index in [1.807, 2.05) is 5.38 Å². The molecule has 0 saturated heterocycles. The van der Waals surface area contributed by atoms with Crippen molar-refractivity contribution in [2.24, 2.45) is 0 Å². The van der Waals surface area contributed by atoms with Crippen LogP contribution in [0.3, 0.4) is 0 Å². The van der Waals surface area contributed by atoms with Crippen LogP contribution in [0.25, 0.3) is 11.4 Å². The lowest BCUT2D eigenvalue weighted by Gasteiger charge is -1.78. The Hall–Kier alpha value is -1.23. The van der Waals surface area contributed by atoms with Crippen LogP contribution < -0.4 is 0 Å². The van der Waals surface area contributed by atoms with E-state index in [4.69, 9.17) is 0 Å². The normalized spacial score (nSPS) is 10.0. The minimum absolute atomic E-state index is 0.650. The van der Waals surface area contributed by atoms with Crippen molar-refractivity contribution in [2.45, 2.75) is 0 Å². The zero-order valence-electron chi connectivity index (χ0n) is 4.81. The lowest BCUT2D eigenvalue weighted by Crippen LogP contribution is -1.75. The summed E-state index contributed by atoms with van der Waals surface area (Å²) in [5.41, 5.74) is 4.11. The Labute approximate surface area is 60.5 Å². The molecule has 0 unspecified atom stereocenters. The molecule has 0 spiro atoms. The largest absolute Gasteiger partial charge is 0.345 e. The van der Waals surface area contributed by atoms with Crippen LogP contribution in [0.1, 0.15) is 0 Å². The maximum atomic E-state index is 4.53. The Morgan fingerprint density at radius 3 is 3.10 bits per heavy atom. The fourth-order valence-electron chi connectivity index (χ4n) is 0.578. The van der Waals surface area contributed by atoms with Gasteiger partial charge in [-0.15, -0.1) is 16.4 Å². The highest BCUT2D eigenvalue weighted by atomic mass is 32.1. The minimum Gasteiger partial charge on any atom is -0.345 e. The van der Waals surface area contributed by atoms with Crippen LogP contribution in [-0.4, -0.2) is 15.4 Å². The van der Waals surface area contributed by atoms with E-state index in [1.165, 1.54) is 17.6 Å². The maximum absolute atomic E-state index is 4.53. The molecular formula is C5H2N3OS. The van der Waals surface area contributed by atoms with Crippen LogP contribution in [0.4, 0.5) is 0 Å². The number of aromatic nitrogens is 3. The fourth-order valence-corrected chi connectivity index (χ4v) is 1.07. The summed E-state index contributed by atoms with van der Waals surface area (Å²) in [4.78, 5) is 3.89. The Morgan fingerprint density at radius 2 is 2.50 bits per heavy atom. The molecule has 49 valence electrons. The second kappa shape index (κ2) is 2.18. The van der Waals surface area contributed by atoms with E-state index in [2.05, 4.69) is 25.4 Å². The number of hydrogen-bond acceptors (Lipinski definition) is 5. The highest BCUT2D eigenvalue weighted by molar-refractivity contribution is 7.07. The first-order valence-electron chi connectivity index (χ1n) is 2.56. The summed E-state index contributed by atoms with van der Waals surface area (Å²) in [6, 6.07) is 0. The van der Waals surface area contributed by atoms with Gasteiger partial charge in [-0.05, 0) is 0 Å². The third kappa shape index (κ3) is 0.801. The first kappa shape index (κ1) is 5.55. The Kier molecular flexibility index (Phi) is 1.21. The summed E-state index contributed by atoms with van der Waals surface area (Å²) < 4.78 is 4.53. The van der Waals surface area contributed by atoms with Gasteiger partial charge < -0.3 is 4.52 Å². The van der Waals surface area contributed by atoms with Crippen LogP contribution >= 0.6 is 11.3 Å². The number of hydrogen-bond donors (Lipinski definition) is 0. The third-order valence-corrected chi connectivity index (χ3v) is 1.55. The predicted molar refractivity (Wildman–Crippen MR) is 34.2 cm³/mol. The van der Waals surface area contributed by atoms with Crippen LogP contribution in [0.2, 0.25) is 0 Å². The molecule has 2 aromatic rings. The minimum atomic E-state index is 0.650. The summed E-state index contributed by atoms with van der Waals surface area (Å²) in [5.74, 6) is 0. The molecule has 2 aromatic heterocycles. The number of thiazole rings is 1. The van der Waals surface area contributed by atoms with Crippen molar-refractivity contribution in [3.05, 3.63) is 17.2 Å². The van der Waals surface area contributed by atoms with E-state index in [0.29, 0.717) is 5.69 Å². The van der Waals surface area contributed by atoms with Crippen molar-refractivity contribution in [1.29, 1.82) is 0 Å². The highest BCUT2D eigenvalue weighted by Gasteiger charge is 2.02. The smallest absolute Gasteiger partial charge is 0.153 e. The Bertz CT molecular complexity index is 256. The molecule has 10 heavy (non-hydrogen) atoms. The molecule has 0 N–H and O–H groups in total. The van der Waals surface area contributed by atoms with E-state index >= 15 is 0 Å². The molecule has 0 amide bonds. The van der Waals surface area contributed by atoms with Crippen LogP contribution in [0.5, 0.6) is 0 Å². The Morgan fingerprint density at radius 1 is 1.50 bits per heavy atom. The molecule has 0 bridgehead atoms. The summed E-state index contributed by atoms with van der Waals surface area (Å²) in [6.45, 7) is 0. The molecule has 0 fully saturated rings. The van der Waals surface area contributed by atoms with Gasteiger partial charge in [-0.2, -0.15) is 0 Å². The van der Waals surface area contributed by atoms with Gasteiger partial charge in [0.1, 0.15) is 5.69 Å². The van der Waals surface area contributed by atoms with Crippen molar-refractivity contribution in [1.82, 2.24) is 15.4 Å². The van der Waals surface area contributed by atoms with E-state index < -0.39 is 0 Å². The van der Waals surface area contributed by atoms with Gasteiger partial charge in [0.2, 0.25) is 0 Å². The van der Waals surface area contributed by atoms with Crippen LogP contribution in [0, 0.1) is 5.51 Å². The van der Waals surface area contributed by atoms with E-state index in [9.17, 15) is 0 Å². The molecule has 2 heterocycles. The third-order valence-electron chi connectivity index (χ3n) is 1.01. The second-order valence-corrected chi connectivity index (χ2v) is 2.27. The molecule has 0 aromatic carbocycles. The first-order chi connectivity index (χ1) is 4.97. The average molecular weight is 152 g/mol. The SMILES string of the molecule is [c]1nc(-c2conn2)cs1. The van der Waals surface area contributed by atoms with E-state index in [-0.39, 0.29) is 0 Å². The molecule has 5 heteroatoms. The summed E-state index contributed by atoms with van der Waals surface area (Å²) in [5, 5.41) is 8.80. The summed E-state index contributed by atoms with van der Waals surface area (Å²) in [7, 11) is 0. The lowest BCUT2D eigenvalue weighted by atomic mass is 10.4. The summed E-state index contributed by atoms with van der Waals surface area (Å²) in [6.07, 6.45) is 1.45. The Balaban J connectivity index is 2.48. The van der Waals surface area contributed by atoms with Gasteiger partial charge in [0.25, 0.3) is 0 Å². The monoisotopic (exact) mass is 152 g/mol. The van der Waals surface area contributed by atoms with Crippen molar-refractivity contribution < 1.29 is 4.52 Å². The zero-order valence-corrected chi connectivity index (χ0v) is 5.63. The van der Waals surface area contributed by atoms with Gasteiger partial charge in [0, 0.05) is 10.7 Å². The highest BCUT2D eigenvalue weighted by Crippen LogP contribution is 2.13. The van der Waals surface area contributed by atoms with Gasteiger partial charge in [0.15, 0.2) is 17.5 Å². The van der Waals surface area contributed by atoms with Crippen molar-refractivity contribution >= 4 is 11.3 Å². The zero-order chi connectivity index (χ0) is 6.81. The molecule has 2 rings (SSSR count). The lowest BCUT2D eigenvalue weighted by molar-refractivity contribution is 0.393. The standard InChI is InChI=1S/C5H2N3OS/c1-4(7-8-9-1)5-2-10-3-6-5/h1-2H. The average Bonchev–Trinajstić information content (AvgIpc) is 2.59. The van der Waals surface area contributed by atoms with Crippen molar-refractivity contribution in [2.75, 3.05) is 0 Å². The van der Waals surface area contributed by atoms with Crippen LogP contribution in [0.15, 0.2) is 16.2 Å². The van der Waals surface area contributed by atoms with Crippen molar-refractivity contribution in [3.63, 3.8) is 0 Å². The molecule has 4 nitrogen and oxygen atoms in total. The maximum Gasteiger partial charge on any atom is 0.153 e. The first-order valence-corrected chi connectivity index (χ1v) is 3.44. The predicted octanol–water partition coefficient (Wildman–Crippen LogP) is 0.993. The number of rotatable bonds is 1. The van der Waals surface area contributed by atoms with Gasteiger partial charge >= 0.3 is 0 Å². The molecular weight excluding hydrogens is 150 g/mol.